The monoisotopic (exact) mass is 512 g/mol. The number of likely N-dealkylation sites (tertiary alicyclic amines) is 1. The zero-order valence-electron chi connectivity index (χ0n) is 19.7. The molecule has 7 nitrogen and oxygen atoms in total. The summed E-state index contributed by atoms with van der Waals surface area (Å²) in [5.41, 5.74) is 7.98. The number of hydrogen-bond acceptors (Lipinski definition) is 7. The number of nitrogens with zero attached hydrogens (tertiary/aromatic N) is 1. The van der Waals surface area contributed by atoms with Gasteiger partial charge in [-0.1, -0.05) is 11.6 Å². The van der Waals surface area contributed by atoms with Crippen LogP contribution >= 0.6 is 24.0 Å². The Morgan fingerprint density at radius 2 is 1.76 bits per heavy atom. The van der Waals surface area contributed by atoms with Crippen LogP contribution in [0.2, 0.25) is 5.02 Å². The predicted octanol–water partition coefficient (Wildman–Crippen LogP) is 4.29. The van der Waals surface area contributed by atoms with Gasteiger partial charge >= 0.3 is 0 Å². The summed E-state index contributed by atoms with van der Waals surface area (Å²) in [6.45, 7) is 2.89. The molecule has 0 aliphatic carbocycles. The lowest BCUT2D eigenvalue weighted by molar-refractivity contribution is -0.118. The number of Topliss-reactive ketones (excluding diaryl/α,β-unsaturated/α-hetero) is 1. The minimum Gasteiger partial charge on any atom is -0.497 e. The fraction of sp³-hybridized carbons (Fsp3) is 0.480. The standard InChI is InChI=1S/C25H33ClN2O5.ClH/c1-31-21-10-17(11-22(14-21)32-2)16-33-25-15-24(27)23(26)13-18(25)12-20(30)4-3-7-28-8-5-19(29)6-9-28;/h10-11,13-15,19,29H,3-9,12,16,27H2,1-2H3;1H. The van der Waals surface area contributed by atoms with Gasteiger partial charge in [-0.25, -0.2) is 0 Å². The summed E-state index contributed by atoms with van der Waals surface area (Å²) in [5, 5.41) is 10.0. The van der Waals surface area contributed by atoms with Crippen molar-refractivity contribution < 1.29 is 24.1 Å². The first-order valence-electron chi connectivity index (χ1n) is 11.2. The third kappa shape index (κ3) is 8.24. The van der Waals surface area contributed by atoms with Gasteiger partial charge in [0.1, 0.15) is 29.6 Å². The Bertz CT molecular complexity index is 927. The first kappa shape index (κ1) is 28.1. The number of aliphatic hydroxyl groups excluding tert-OH is 1. The highest BCUT2D eigenvalue weighted by atomic mass is 35.5. The molecular weight excluding hydrogens is 479 g/mol. The van der Waals surface area contributed by atoms with Crippen molar-refractivity contribution in [2.75, 3.05) is 39.6 Å². The second-order valence-corrected chi connectivity index (χ2v) is 8.79. The fourth-order valence-electron chi connectivity index (χ4n) is 3.94. The summed E-state index contributed by atoms with van der Waals surface area (Å²) in [6.07, 6.45) is 2.92. The van der Waals surface area contributed by atoms with Crippen molar-refractivity contribution in [3.8, 4) is 17.2 Å². The smallest absolute Gasteiger partial charge is 0.137 e. The molecule has 3 N–H and O–H groups in total. The fourth-order valence-corrected chi connectivity index (χ4v) is 4.12. The molecule has 1 heterocycles. The van der Waals surface area contributed by atoms with Crippen LogP contribution in [0.3, 0.4) is 0 Å². The second kappa shape index (κ2) is 13.6. The quantitative estimate of drug-likeness (QED) is 0.433. The molecule has 0 spiro atoms. The lowest BCUT2D eigenvalue weighted by atomic mass is 10.0. The predicted molar refractivity (Wildman–Crippen MR) is 137 cm³/mol. The van der Waals surface area contributed by atoms with Crippen LogP contribution in [0, 0.1) is 0 Å². The number of carbonyl (C=O) groups excluding carboxylic acids is 1. The van der Waals surface area contributed by atoms with E-state index in [1.165, 1.54) is 0 Å². The molecular formula is C25H34Cl2N2O5. The topological polar surface area (TPSA) is 94.3 Å². The van der Waals surface area contributed by atoms with Gasteiger partial charge < -0.3 is 30.0 Å². The highest BCUT2D eigenvalue weighted by Gasteiger charge is 2.17. The molecule has 2 aromatic carbocycles. The van der Waals surface area contributed by atoms with Crippen LogP contribution in [0.4, 0.5) is 5.69 Å². The minimum absolute atomic E-state index is 0. The van der Waals surface area contributed by atoms with Crippen LogP contribution in [-0.2, 0) is 17.8 Å². The number of benzene rings is 2. The lowest BCUT2D eigenvalue weighted by Gasteiger charge is -2.29. The maximum absolute atomic E-state index is 12.7. The van der Waals surface area contributed by atoms with Gasteiger partial charge in [-0.15, -0.1) is 12.4 Å². The van der Waals surface area contributed by atoms with E-state index in [1.807, 2.05) is 12.1 Å². The Morgan fingerprint density at radius 1 is 1.12 bits per heavy atom. The molecule has 1 saturated heterocycles. The van der Waals surface area contributed by atoms with E-state index in [1.54, 1.807) is 32.4 Å². The number of halogens is 2. The Hall–Kier alpha value is -2.19. The van der Waals surface area contributed by atoms with Crippen LogP contribution in [-0.4, -0.2) is 55.7 Å². The Balaban J connectivity index is 0.00000408. The van der Waals surface area contributed by atoms with Crippen LogP contribution in [0.5, 0.6) is 17.2 Å². The van der Waals surface area contributed by atoms with Crippen molar-refractivity contribution in [1.82, 2.24) is 4.90 Å². The average molecular weight is 513 g/mol. The first-order chi connectivity index (χ1) is 15.9. The van der Waals surface area contributed by atoms with Crippen molar-refractivity contribution in [2.45, 2.75) is 44.8 Å². The number of rotatable bonds is 11. The molecule has 9 heteroatoms. The molecule has 188 valence electrons. The number of methoxy groups -OCH3 is 2. The van der Waals surface area contributed by atoms with Crippen LogP contribution in [0.15, 0.2) is 30.3 Å². The Morgan fingerprint density at radius 3 is 2.38 bits per heavy atom. The van der Waals surface area contributed by atoms with E-state index in [4.69, 9.17) is 31.5 Å². The van der Waals surface area contributed by atoms with E-state index in [-0.39, 0.29) is 37.3 Å². The zero-order valence-corrected chi connectivity index (χ0v) is 21.3. The van der Waals surface area contributed by atoms with Crippen molar-refractivity contribution in [3.05, 3.63) is 46.5 Å². The molecule has 2 aromatic rings. The molecule has 0 atom stereocenters. The van der Waals surface area contributed by atoms with E-state index in [2.05, 4.69) is 4.90 Å². The number of carbonyl (C=O) groups is 1. The number of piperidine rings is 1. The van der Waals surface area contributed by atoms with Crippen molar-refractivity contribution >= 4 is 35.5 Å². The van der Waals surface area contributed by atoms with Gasteiger partial charge in [0.25, 0.3) is 0 Å². The number of nitrogens with two attached hydrogens (primary N) is 1. The van der Waals surface area contributed by atoms with Crippen molar-refractivity contribution in [1.29, 1.82) is 0 Å². The maximum atomic E-state index is 12.7. The van der Waals surface area contributed by atoms with Gasteiger partial charge in [0, 0.05) is 43.6 Å². The summed E-state index contributed by atoms with van der Waals surface area (Å²) in [7, 11) is 3.19. The Kier molecular flexibility index (Phi) is 11.2. The van der Waals surface area contributed by atoms with Crippen LogP contribution < -0.4 is 19.9 Å². The number of anilines is 1. The molecule has 1 aliphatic rings. The summed E-state index contributed by atoms with van der Waals surface area (Å²) in [6, 6.07) is 8.90. The number of ketones is 1. The third-order valence-electron chi connectivity index (χ3n) is 5.86. The average Bonchev–Trinajstić information content (AvgIpc) is 2.81. The summed E-state index contributed by atoms with van der Waals surface area (Å²) >= 11 is 6.23. The molecule has 0 amide bonds. The largest absolute Gasteiger partial charge is 0.497 e. The zero-order chi connectivity index (χ0) is 23.8. The summed E-state index contributed by atoms with van der Waals surface area (Å²) < 4.78 is 16.7. The number of nitrogen functional groups attached to an aromatic ring is 1. The van der Waals surface area contributed by atoms with Crippen molar-refractivity contribution in [2.24, 2.45) is 0 Å². The molecule has 0 unspecified atom stereocenters. The van der Waals surface area contributed by atoms with E-state index in [0.29, 0.717) is 34.4 Å². The van der Waals surface area contributed by atoms with Gasteiger partial charge in [0.05, 0.1) is 31.0 Å². The van der Waals surface area contributed by atoms with Gasteiger partial charge in [-0.3, -0.25) is 4.79 Å². The molecule has 1 aliphatic heterocycles. The highest BCUT2D eigenvalue weighted by molar-refractivity contribution is 6.33. The van der Waals surface area contributed by atoms with E-state index < -0.39 is 0 Å². The molecule has 3 rings (SSSR count). The van der Waals surface area contributed by atoms with Crippen LogP contribution in [0.25, 0.3) is 0 Å². The first-order valence-corrected chi connectivity index (χ1v) is 11.6. The van der Waals surface area contributed by atoms with E-state index >= 15 is 0 Å². The summed E-state index contributed by atoms with van der Waals surface area (Å²) in [5.74, 6) is 2.00. The van der Waals surface area contributed by atoms with Gasteiger partial charge in [-0.2, -0.15) is 0 Å². The summed E-state index contributed by atoms with van der Waals surface area (Å²) in [4.78, 5) is 15.0. The molecule has 0 saturated carbocycles. The second-order valence-electron chi connectivity index (χ2n) is 8.38. The number of aliphatic hydroxyl groups is 1. The Labute approximate surface area is 212 Å². The van der Waals surface area contributed by atoms with Crippen LogP contribution in [0.1, 0.15) is 36.8 Å². The van der Waals surface area contributed by atoms with Gasteiger partial charge in [0.15, 0.2) is 0 Å². The SMILES string of the molecule is COc1cc(COc2cc(N)c(Cl)cc2CC(=O)CCCN2CCC(O)CC2)cc(OC)c1.Cl. The lowest BCUT2D eigenvalue weighted by Crippen LogP contribution is -2.36. The number of ether oxygens (including phenoxy) is 3. The number of hydrogen-bond donors (Lipinski definition) is 2. The minimum atomic E-state index is -0.186. The molecule has 0 bridgehead atoms. The maximum Gasteiger partial charge on any atom is 0.137 e. The van der Waals surface area contributed by atoms with Gasteiger partial charge in [0.2, 0.25) is 0 Å². The van der Waals surface area contributed by atoms with E-state index in [9.17, 15) is 9.90 Å². The molecule has 1 fully saturated rings. The third-order valence-corrected chi connectivity index (χ3v) is 6.19. The molecule has 34 heavy (non-hydrogen) atoms. The van der Waals surface area contributed by atoms with Gasteiger partial charge in [-0.05, 0) is 49.6 Å². The van der Waals surface area contributed by atoms with Crippen molar-refractivity contribution in [3.63, 3.8) is 0 Å². The van der Waals surface area contributed by atoms with E-state index in [0.717, 1.165) is 50.0 Å². The normalized spacial score (nSPS) is 14.4. The highest BCUT2D eigenvalue weighted by Crippen LogP contribution is 2.31. The molecule has 0 radical (unpaired) electrons. The molecule has 0 aromatic heterocycles.